The molecule has 6 heteroatoms. The summed E-state index contributed by atoms with van der Waals surface area (Å²) in [7, 11) is 3.28. The van der Waals surface area contributed by atoms with Crippen molar-refractivity contribution in [1.82, 2.24) is 10.2 Å². The molecule has 0 amide bonds. The van der Waals surface area contributed by atoms with Gasteiger partial charge in [0, 0.05) is 16.0 Å². The number of hydrogen-bond donors (Lipinski definition) is 1. The van der Waals surface area contributed by atoms with Gasteiger partial charge in [-0.2, -0.15) is 4.57 Å². The van der Waals surface area contributed by atoms with Crippen molar-refractivity contribution in [2.24, 2.45) is 0 Å². The molecule has 27 heavy (non-hydrogen) atoms. The monoisotopic (exact) mass is 380 g/mol. The van der Waals surface area contributed by atoms with Crippen LogP contribution in [0.1, 0.15) is 5.69 Å². The maximum atomic E-state index is 6.12. The fourth-order valence-electron chi connectivity index (χ4n) is 3.38. The van der Waals surface area contributed by atoms with E-state index in [-0.39, 0.29) is 0 Å². The second-order valence-electron chi connectivity index (χ2n) is 6.21. The Hall–Kier alpha value is -3.05. The highest BCUT2D eigenvalue weighted by Gasteiger charge is 2.22. The van der Waals surface area contributed by atoms with E-state index < -0.39 is 0 Å². The van der Waals surface area contributed by atoms with Gasteiger partial charge in [-0.1, -0.05) is 16.7 Å². The zero-order chi connectivity index (χ0) is 19.0. The average Bonchev–Trinajstić information content (AvgIpc) is 3.21. The Bertz CT molecular complexity index is 1110. The van der Waals surface area contributed by atoms with Crippen LogP contribution in [0.3, 0.4) is 0 Å². The van der Waals surface area contributed by atoms with Crippen LogP contribution in [0, 0.1) is 6.92 Å². The van der Waals surface area contributed by atoms with E-state index in [2.05, 4.69) is 27.8 Å². The molecule has 0 saturated heterocycles. The molecule has 0 unspecified atom stereocenters. The highest BCUT2D eigenvalue weighted by atomic mass is 35.5. The second-order valence-corrected chi connectivity index (χ2v) is 6.65. The van der Waals surface area contributed by atoms with Gasteiger partial charge in [-0.05, 0) is 54.8 Å². The van der Waals surface area contributed by atoms with Crippen LogP contribution in [0.2, 0.25) is 5.02 Å². The average molecular weight is 381 g/mol. The fourth-order valence-corrected chi connectivity index (χ4v) is 3.51. The maximum absolute atomic E-state index is 6.12. The summed E-state index contributed by atoms with van der Waals surface area (Å²) in [5, 5.41) is 9.98. The minimum absolute atomic E-state index is 0.681. The number of rotatable bonds is 4. The number of nitrogens with zero attached hydrogens (tertiary/aromatic N) is 2. The second kappa shape index (κ2) is 6.93. The van der Waals surface area contributed by atoms with Gasteiger partial charge in [-0.25, -0.2) is 0 Å². The predicted molar refractivity (Wildman–Crippen MR) is 106 cm³/mol. The molecule has 0 aliphatic rings. The van der Waals surface area contributed by atoms with Crippen LogP contribution in [-0.4, -0.2) is 24.4 Å². The van der Waals surface area contributed by atoms with Crippen molar-refractivity contribution in [1.29, 1.82) is 0 Å². The Morgan fingerprint density at radius 3 is 2.30 bits per heavy atom. The zero-order valence-electron chi connectivity index (χ0n) is 15.3. The third-order valence-corrected chi connectivity index (χ3v) is 4.85. The van der Waals surface area contributed by atoms with Gasteiger partial charge in [0.15, 0.2) is 11.5 Å². The van der Waals surface area contributed by atoms with E-state index in [1.54, 1.807) is 20.4 Å². The Labute approximate surface area is 162 Å². The first-order valence-corrected chi connectivity index (χ1v) is 8.87. The number of aromatic nitrogens is 3. The molecule has 1 N–H and O–H groups in total. The normalized spacial score (nSPS) is 11.0. The largest absolute Gasteiger partial charge is 0.493 e. The number of aryl methyl sites for hydroxylation is 1. The van der Waals surface area contributed by atoms with Crippen molar-refractivity contribution >= 4 is 22.4 Å². The first kappa shape index (κ1) is 17.4. The Morgan fingerprint density at radius 2 is 1.67 bits per heavy atom. The van der Waals surface area contributed by atoms with E-state index in [1.165, 1.54) is 0 Å². The number of hydrogen-bond acceptors (Lipinski definition) is 3. The molecule has 2 heterocycles. The van der Waals surface area contributed by atoms with Crippen LogP contribution >= 0.6 is 11.6 Å². The van der Waals surface area contributed by atoms with E-state index in [9.17, 15) is 0 Å². The van der Waals surface area contributed by atoms with Crippen molar-refractivity contribution in [2.45, 2.75) is 6.92 Å². The quantitative estimate of drug-likeness (QED) is 0.531. The highest BCUT2D eigenvalue weighted by Crippen LogP contribution is 2.36. The third kappa shape index (κ3) is 3.00. The van der Waals surface area contributed by atoms with Crippen LogP contribution in [0.5, 0.6) is 11.5 Å². The van der Waals surface area contributed by atoms with Gasteiger partial charge in [-0.15, -0.1) is 5.10 Å². The van der Waals surface area contributed by atoms with Crippen molar-refractivity contribution < 1.29 is 14.0 Å². The molecule has 4 rings (SSSR count). The van der Waals surface area contributed by atoms with Gasteiger partial charge < -0.3 is 9.47 Å². The molecule has 0 bridgehead atoms. The van der Waals surface area contributed by atoms with Crippen LogP contribution < -0.4 is 14.0 Å². The van der Waals surface area contributed by atoms with Crippen LogP contribution in [0.25, 0.3) is 27.8 Å². The molecule has 136 valence electrons. The van der Waals surface area contributed by atoms with E-state index in [1.807, 2.05) is 42.5 Å². The number of fused-ring (bicyclic) bond motifs is 1. The van der Waals surface area contributed by atoms with Crippen molar-refractivity contribution in [3.63, 3.8) is 0 Å². The lowest BCUT2D eigenvalue weighted by atomic mass is 10.0. The minimum atomic E-state index is 0.681. The molecular formula is C21H19ClN3O2+. The number of methoxy groups -OCH3 is 2. The molecule has 5 nitrogen and oxygen atoms in total. The van der Waals surface area contributed by atoms with Crippen molar-refractivity contribution in [3.05, 3.63) is 65.4 Å². The predicted octanol–water partition coefficient (Wildman–Crippen LogP) is 4.49. The molecular weight excluding hydrogens is 362 g/mol. The third-order valence-electron chi connectivity index (χ3n) is 4.60. The lowest BCUT2D eigenvalue weighted by molar-refractivity contribution is -0.593. The smallest absolute Gasteiger partial charge is 0.306 e. The molecule has 4 aromatic rings. The molecule has 0 aliphatic heterocycles. The van der Waals surface area contributed by atoms with Gasteiger partial charge in [0.25, 0.3) is 0 Å². The van der Waals surface area contributed by atoms with Gasteiger partial charge in [0.2, 0.25) is 0 Å². The SMILES string of the molecule is COc1cc2cc(C)[n+](-c3ccn[nH]3)c(-c3ccc(Cl)cc3)c2cc1OC. The molecule has 0 aliphatic carbocycles. The van der Waals surface area contributed by atoms with Gasteiger partial charge in [0.1, 0.15) is 11.4 Å². The summed E-state index contributed by atoms with van der Waals surface area (Å²) in [6.07, 6.45) is 1.74. The number of benzene rings is 2. The van der Waals surface area contributed by atoms with Crippen LogP contribution in [0.4, 0.5) is 0 Å². The van der Waals surface area contributed by atoms with Crippen LogP contribution in [0.15, 0.2) is 54.7 Å². The highest BCUT2D eigenvalue weighted by molar-refractivity contribution is 6.30. The molecule has 0 atom stereocenters. The minimum Gasteiger partial charge on any atom is -0.493 e. The van der Waals surface area contributed by atoms with Crippen LogP contribution in [-0.2, 0) is 0 Å². The molecule has 0 saturated carbocycles. The first-order valence-electron chi connectivity index (χ1n) is 8.49. The number of pyridine rings is 1. The summed E-state index contributed by atoms with van der Waals surface area (Å²) >= 11 is 6.12. The summed E-state index contributed by atoms with van der Waals surface area (Å²) in [5.74, 6) is 2.26. The first-order chi connectivity index (χ1) is 13.1. The summed E-state index contributed by atoms with van der Waals surface area (Å²) in [6, 6.07) is 15.9. The fraction of sp³-hybridized carbons (Fsp3) is 0.143. The number of nitrogens with one attached hydrogen (secondary N) is 1. The number of H-pyrrole nitrogens is 1. The Kier molecular flexibility index (Phi) is 4.46. The molecule has 2 aromatic heterocycles. The Balaban J connectivity index is 2.14. The lowest BCUT2D eigenvalue weighted by Crippen LogP contribution is -2.37. The van der Waals surface area contributed by atoms with Gasteiger partial charge in [0.05, 0.1) is 26.5 Å². The summed E-state index contributed by atoms with van der Waals surface area (Å²) in [5.41, 5.74) is 3.12. The van der Waals surface area contributed by atoms with Gasteiger partial charge in [-0.3, -0.25) is 0 Å². The van der Waals surface area contributed by atoms with Crippen molar-refractivity contribution in [3.8, 4) is 28.6 Å². The van der Waals surface area contributed by atoms with E-state index in [4.69, 9.17) is 21.1 Å². The molecule has 2 aromatic carbocycles. The topological polar surface area (TPSA) is 51.0 Å². The maximum Gasteiger partial charge on any atom is 0.306 e. The number of ether oxygens (including phenoxy) is 2. The zero-order valence-corrected chi connectivity index (χ0v) is 16.0. The van der Waals surface area contributed by atoms with E-state index in [0.29, 0.717) is 16.5 Å². The molecule has 0 fully saturated rings. The molecule has 0 radical (unpaired) electrons. The van der Waals surface area contributed by atoms with E-state index in [0.717, 1.165) is 33.5 Å². The van der Waals surface area contributed by atoms with Crippen molar-refractivity contribution in [2.75, 3.05) is 14.2 Å². The Morgan fingerprint density at radius 1 is 0.963 bits per heavy atom. The molecule has 0 spiro atoms. The standard InChI is InChI=1S/C21H19ClN3O2/c1-13-10-15-11-18(26-2)19(27-3)12-17(15)21(14-4-6-16(22)7-5-14)25(13)20-8-9-23-24-20/h4-12H,1-3H3,(H,23,24)/q+1. The van der Waals surface area contributed by atoms with E-state index >= 15 is 0 Å². The summed E-state index contributed by atoms with van der Waals surface area (Å²) in [6.45, 7) is 2.07. The summed E-state index contributed by atoms with van der Waals surface area (Å²) in [4.78, 5) is 0. The lowest BCUT2D eigenvalue weighted by Gasteiger charge is -2.15. The van der Waals surface area contributed by atoms with Gasteiger partial charge >= 0.3 is 5.82 Å². The number of aromatic amines is 1. The summed E-state index contributed by atoms with van der Waals surface area (Å²) < 4.78 is 13.2. The number of halogens is 1.